The zero-order valence-electron chi connectivity index (χ0n) is 31.7. The Morgan fingerprint density at radius 2 is 1.16 bits per heavy atom. The standard InChI is InChI=1S/C45H26N4O2/c1-3-12-27(13-4-1)30-18-11-21-37-40(30)34-23-22-29(26-39(34)51-37)44-46-43(28-14-5-2-6-15-28)47-45(48-44)49-35-19-9-7-16-31(35)32-24-25-38-41(42(32)49)33-17-8-10-20-36(33)50-38/h1-26H/i1D,3D,4D,12D,13D. The lowest BCUT2D eigenvalue weighted by Gasteiger charge is -2.11. The third-order valence-electron chi connectivity index (χ3n) is 9.55. The summed E-state index contributed by atoms with van der Waals surface area (Å²) in [4.78, 5) is 15.3. The molecule has 4 heterocycles. The molecule has 51 heavy (non-hydrogen) atoms. The molecule has 0 N–H and O–H groups in total. The molecule has 7 aromatic carbocycles. The molecular weight excluding hydrogens is 629 g/mol. The van der Waals surface area contributed by atoms with E-state index in [0.717, 1.165) is 54.7 Å². The van der Waals surface area contributed by atoms with Crippen LogP contribution in [0.5, 0.6) is 0 Å². The van der Waals surface area contributed by atoms with Crippen LogP contribution in [-0.4, -0.2) is 19.5 Å². The van der Waals surface area contributed by atoms with E-state index in [9.17, 15) is 0 Å². The van der Waals surface area contributed by atoms with E-state index in [-0.39, 0.29) is 17.6 Å². The highest BCUT2D eigenvalue weighted by Crippen LogP contribution is 2.41. The Morgan fingerprint density at radius 3 is 2.04 bits per heavy atom. The van der Waals surface area contributed by atoms with Gasteiger partial charge in [0.25, 0.3) is 0 Å². The largest absolute Gasteiger partial charge is 0.456 e. The van der Waals surface area contributed by atoms with Gasteiger partial charge in [0, 0.05) is 38.1 Å². The SMILES string of the molecule is [2H]c1c([2H])c([2H])c(-c2cccc3oc4cc(-c5nc(-c6ccccc6)nc(-n6c7ccccc7c7ccc8oc9ccccc9c8c76)n5)ccc4c23)c([2H])c1[2H]. The second-order valence-corrected chi connectivity index (χ2v) is 12.4. The van der Waals surface area contributed by atoms with Gasteiger partial charge in [-0.1, -0.05) is 115 Å². The van der Waals surface area contributed by atoms with Gasteiger partial charge in [-0.15, -0.1) is 0 Å². The van der Waals surface area contributed by atoms with Gasteiger partial charge < -0.3 is 8.83 Å². The van der Waals surface area contributed by atoms with E-state index in [1.807, 2.05) is 91.0 Å². The van der Waals surface area contributed by atoms with Gasteiger partial charge in [-0.25, -0.2) is 4.98 Å². The lowest BCUT2D eigenvalue weighted by Crippen LogP contribution is -2.06. The molecule has 6 nitrogen and oxygen atoms in total. The van der Waals surface area contributed by atoms with Crippen LogP contribution in [0.25, 0.3) is 106 Å². The molecule has 0 spiro atoms. The zero-order valence-corrected chi connectivity index (χ0v) is 26.7. The zero-order chi connectivity index (χ0) is 37.8. The predicted molar refractivity (Wildman–Crippen MR) is 205 cm³/mol. The Hall–Kier alpha value is -7.05. The molecule has 0 saturated heterocycles. The third kappa shape index (κ3) is 4.20. The summed E-state index contributed by atoms with van der Waals surface area (Å²) in [5, 5.41) is 5.43. The summed E-state index contributed by atoms with van der Waals surface area (Å²) in [5.74, 6) is 1.36. The fraction of sp³-hybridized carbons (Fsp3) is 0. The highest BCUT2D eigenvalue weighted by atomic mass is 16.3. The first-order chi connectivity index (χ1) is 27.4. The summed E-state index contributed by atoms with van der Waals surface area (Å²) in [7, 11) is 0. The van der Waals surface area contributed by atoms with E-state index in [0.29, 0.717) is 45.3 Å². The molecule has 0 amide bonds. The van der Waals surface area contributed by atoms with Gasteiger partial charge in [0.2, 0.25) is 5.95 Å². The van der Waals surface area contributed by atoms with Gasteiger partial charge in [0.1, 0.15) is 22.3 Å². The molecule has 0 aliphatic heterocycles. The second-order valence-electron chi connectivity index (χ2n) is 12.4. The maximum atomic E-state index is 8.67. The van der Waals surface area contributed by atoms with Gasteiger partial charge in [-0.3, -0.25) is 4.57 Å². The van der Waals surface area contributed by atoms with Crippen molar-refractivity contribution >= 4 is 65.7 Å². The van der Waals surface area contributed by atoms with Crippen molar-refractivity contribution in [3.05, 3.63) is 158 Å². The highest BCUT2D eigenvalue weighted by molar-refractivity contribution is 6.24. The monoisotopic (exact) mass is 659 g/mol. The summed E-state index contributed by atoms with van der Waals surface area (Å²) in [5.41, 5.74) is 6.58. The summed E-state index contributed by atoms with van der Waals surface area (Å²) in [6, 6.07) is 39.4. The second kappa shape index (κ2) is 10.7. The smallest absolute Gasteiger partial charge is 0.238 e. The number of hydrogen-bond acceptors (Lipinski definition) is 5. The molecule has 0 fully saturated rings. The molecule has 4 aromatic heterocycles. The van der Waals surface area contributed by atoms with Crippen LogP contribution in [-0.2, 0) is 0 Å². The first-order valence-electron chi connectivity index (χ1n) is 19.0. The molecule has 0 unspecified atom stereocenters. The normalized spacial score (nSPS) is 13.3. The summed E-state index contributed by atoms with van der Waals surface area (Å²) < 4.78 is 56.9. The van der Waals surface area contributed by atoms with Gasteiger partial charge in [0.05, 0.1) is 23.3 Å². The predicted octanol–water partition coefficient (Wildman–Crippen LogP) is 11.8. The summed E-state index contributed by atoms with van der Waals surface area (Å²) in [6.45, 7) is 0. The minimum absolute atomic E-state index is 0.119. The number of aromatic nitrogens is 4. The fourth-order valence-corrected chi connectivity index (χ4v) is 7.34. The molecule has 11 rings (SSSR count). The van der Waals surface area contributed by atoms with E-state index in [1.54, 1.807) is 12.1 Å². The van der Waals surface area contributed by atoms with Crippen LogP contribution in [0.1, 0.15) is 6.85 Å². The first-order valence-corrected chi connectivity index (χ1v) is 16.5. The molecule has 0 bridgehead atoms. The van der Waals surface area contributed by atoms with Crippen molar-refractivity contribution in [1.82, 2.24) is 19.5 Å². The average molecular weight is 660 g/mol. The maximum absolute atomic E-state index is 8.67. The van der Waals surface area contributed by atoms with Gasteiger partial charge in [-0.05, 0) is 53.6 Å². The van der Waals surface area contributed by atoms with Crippen molar-refractivity contribution in [2.24, 2.45) is 0 Å². The van der Waals surface area contributed by atoms with E-state index in [2.05, 4.69) is 28.8 Å². The fourth-order valence-electron chi connectivity index (χ4n) is 7.34. The molecule has 0 radical (unpaired) electrons. The first kappa shape index (κ1) is 23.3. The summed E-state index contributed by atoms with van der Waals surface area (Å²) in [6.07, 6.45) is 0. The van der Waals surface area contributed by atoms with Crippen LogP contribution in [0.3, 0.4) is 0 Å². The average Bonchev–Trinajstić information content (AvgIpc) is 3.92. The summed E-state index contributed by atoms with van der Waals surface area (Å²) >= 11 is 0. The van der Waals surface area contributed by atoms with Crippen LogP contribution < -0.4 is 0 Å². The molecule has 0 atom stereocenters. The number of rotatable bonds is 4. The highest BCUT2D eigenvalue weighted by Gasteiger charge is 2.22. The molecule has 0 aliphatic carbocycles. The van der Waals surface area contributed by atoms with Crippen molar-refractivity contribution < 1.29 is 15.7 Å². The Bertz CT molecular complexity index is 3420. The Balaban J connectivity index is 1.17. The molecule has 0 saturated carbocycles. The van der Waals surface area contributed by atoms with Crippen LogP contribution in [0.2, 0.25) is 0 Å². The van der Waals surface area contributed by atoms with Crippen molar-refractivity contribution in [3.8, 4) is 39.9 Å². The number of fused-ring (bicyclic) bond motifs is 10. The number of para-hydroxylation sites is 2. The molecule has 6 heteroatoms. The van der Waals surface area contributed by atoms with E-state index >= 15 is 0 Å². The lowest BCUT2D eigenvalue weighted by molar-refractivity contribution is 0.668. The van der Waals surface area contributed by atoms with Crippen LogP contribution in [0, 0.1) is 0 Å². The third-order valence-corrected chi connectivity index (χ3v) is 9.55. The molecule has 11 aromatic rings. The lowest BCUT2D eigenvalue weighted by atomic mass is 9.99. The van der Waals surface area contributed by atoms with Crippen molar-refractivity contribution in [3.63, 3.8) is 0 Å². The van der Waals surface area contributed by atoms with Crippen molar-refractivity contribution in [2.45, 2.75) is 0 Å². The minimum Gasteiger partial charge on any atom is -0.456 e. The van der Waals surface area contributed by atoms with Crippen molar-refractivity contribution in [1.29, 1.82) is 0 Å². The van der Waals surface area contributed by atoms with Gasteiger partial charge in [0.15, 0.2) is 11.6 Å². The Kier molecular flexibility index (Phi) is 4.91. The van der Waals surface area contributed by atoms with Crippen LogP contribution in [0.4, 0.5) is 0 Å². The Labute approximate surface area is 297 Å². The van der Waals surface area contributed by atoms with Crippen LogP contribution >= 0.6 is 0 Å². The van der Waals surface area contributed by atoms with E-state index < -0.39 is 18.1 Å². The molecule has 238 valence electrons. The van der Waals surface area contributed by atoms with E-state index in [1.165, 1.54) is 0 Å². The number of hydrogen-bond donors (Lipinski definition) is 0. The molecule has 0 aliphatic rings. The van der Waals surface area contributed by atoms with Gasteiger partial charge in [-0.2, -0.15) is 9.97 Å². The topological polar surface area (TPSA) is 69.9 Å². The minimum atomic E-state index is -0.437. The number of furan rings is 2. The Morgan fingerprint density at radius 1 is 0.471 bits per heavy atom. The van der Waals surface area contributed by atoms with Crippen LogP contribution in [0.15, 0.2) is 166 Å². The number of nitrogens with zero attached hydrogens (tertiary/aromatic N) is 4. The van der Waals surface area contributed by atoms with Gasteiger partial charge >= 0.3 is 0 Å². The quantitative estimate of drug-likeness (QED) is 0.188. The van der Waals surface area contributed by atoms with Crippen molar-refractivity contribution in [2.75, 3.05) is 0 Å². The van der Waals surface area contributed by atoms with E-state index in [4.69, 9.17) is 30.6 Å². The molecular formula is C45H26N4O2. The number of benzene rings is 7. The maximum Gasteiger partial charge on any atom is 0.238 e.